The number of rotatable bonds is 5. The maximum Gasteiger partial charge on any atom is 0.410 e. The van der Waals surface area contributed by atoms with E-state index < -0.39 is 5.60 Å². The number of amides is 1. The van der Waals surface area contributed by atoms with Crippen molar-refractivity contribution in [3.05, 3.63) is 30.1 Å². The van der Waals surface area contributed by atoms with Crippen LogP contribution in [0.3, 0.4) is 0 Å². The standard InChI is InChI=1S/C19H29N3O3/c1-19(2,3)25-18(24)22-12-8-6-9-15(22)13-21(4)14-17(23)16-10-5-7-11-20-16/h5,7,10-11,15H,6,8-9,12-14H2,1-4H3/t15-/m1/s1. The topological polar surface area (TPSA) is 62.7 Å². The van der Waals surface area contributed by atoms with Gasteiger partial charge in [0.1, 0.15) is 11.3 Å². The van der Waals surface area contributed by atoms with Gasteiger partial charge < -0.3 is 9.64 Å². The summed E-state index contributed by atoms with van der Waals surface area (Å²) in [5, 5.41) is 0. The molecule has 6 nitrogen and oxygen atoms in total. The lowest BCUT2D eigenvalue weighted by molar-refractivity contribution is 0.00638. The van der Waals surface area contributed by atoms with Gasteiger partial charge in [0.2, 0.25) is 0 Å². The van der Waals surface area contributed by atoms with Gasteiger partial charge in [-0.1, -0.05) is 6.07 Å². The van der Waals surface area contributed by atoms with Crippen molar-refractivity contribution < 1.29 is 14.3 Å². The van der Waals surface area contributed by atoms with E-state index in [-0.39, 0.29) is 24.5 Å². The lowest BCUT2D eigenvalue weighted by Crippen LogP contribution is -2.50. The number of aromatic nitrogens is 1. The summed E-state index contributed by atoms with van der Waals surface area (Å²) in [7, 11) is 1.91. The molecule has 1 amide bonds. The van der Waals surface area contributed by atoms with Crippen LogP contribution in [0.4, 0.5) is 4.79 Å². The van der Waals surface area contributed by atoms with Crippen molar-refractivity contribution in [2.24, 2.45) is 0 Å². The molecule has 0 saturated carbocycles. The van der Waals surface area contributed by atoms with Crippen LogP contribution in [0.25, 0.3) is 0 Å². The number of likely N-dealkylation sites (N-methyl/N-ethyl adjacent to an activating group) is 1. The predicted molar refractivity (Wildman–Crippen MR) is 96.6 cm³/mol. The smallest absolute Gasteiger partial charge is 0.410 e. The molecule has 1 atom stereocenters. The van der Waals surface area contributed by atoms with Crippen LogP contribution in [0.2, 0.25) is 0 Å². The van der Waals surface area contributed by atoms with Gasteiger partial charge in [0, 0.05) is 25.3 Å². The molecule has 0 radical (unpaired) electrons. The normalized spacial score (nSPS) is 18.3. The Labute approximate surface area is 150 Å². The second kappa shape index (κ2) is 8.43. The van der Waals surface area contributed by atoms with E-state index in [4.69, 9.17) is 4.74 Å². The fraction of sp³-hybridized carbons (Fsp3) is 0.632. The summed E-state index contributed by atoms with van der Waals surface area (Å²) in [6.07, 6.45) is 4.37. The average Bonchev–Trinajstić information content (AvgIpc) is 2.54. The molecule has 1 saturated heterocycles. The highest BCUT2D eigenvalue weighted by Gasteiger charge is 2.31. The Morgan fingerprint density at radius 2 is 2.08 bits per heavy atom. The number of piperidine rings is 1. The molecule has 1 fully saturated rings. The first-order valence-corrected chi connectivity index (χ1v) is 8.88. The summed E-state index contributed by atoms with van der Waals surface area (Å²) in [4.78, 5) is 32.6. The van der Waals surface area contributed by atoms with Gasteiger partial charge in [0.05, 0.1) is 6.54 Å². The lowest BCUT2D eigenvalue weighted by atomic mass is 10.0. The van der Waals surface area contributed by atoms with E-state index in [2.05, 4.69) is 4.98 Å². The van der Waals surface area contributed by atoms with Gasteiger partial charge >= 0.3 is 6.09 Å². The fourth-order valence-electron chi connectivity index (χ4n) is 3.03. The fourth-order valence-corrected chi connectivity index (χ4v) is 3.03. The number of carbonyl (C=O) groups excluding carboxylic acids is 2. The zero-order valence-corrected chi connectivity index (χ0v) is 15.7. The third-order valence-electron chi connectivity index (χ3n) is 4.14. The number of hydrogen-bond acceptors (Lipinski definition) is 5. The molecular weight excluding hydrogens is 318 g/mol. The molecular formula is C19H29N3O3. The summed E-state index contributed by atoms with van der Waals surface area (Å²) in [5.74, 6) is -0.0114. The van der Waals surface area contributed by atoms with Gasteiger partial charge in [-0.05, 0) is 59.2 Å². The molecule has 0 aliphatic carbocycles. The number of likely N-dealkylation sites (tertiary alicyclic amines) is 1. The summed E-state index contributed by atoms with van der Waals surface area (Å²) in [6.45, 7) is 7.28. The van der Waals surface area contributed by atoms with Gasteiger partial charge in [-0.15, -0.1) is 0 Å². The molecule has 2 rings (SSSR count). The third kappa shape index (κ3) is 6.12. The SMILES string of the molecule is CN(CC(=O)c1ccccn1)C[C@H]1CCCCN1C(=O)OC(C)(C)C. The van der Waals surface area contributed by atoms with Crippen molar-refractivity contribution in [2.75, 3.05) is 26.7 Å². The molecule has 25 heavy (non-hydrogen) atoms. The first kappa shape index (κ1) is 19.4. The van der Waals surface area contributed by atoms with Gasteiger partial charge in [-0.25, -0.2) is 4.79 Å². The van der Waals surface area contributed by atoms with Crippen molar-refractivity contribution >= 4 is 11.9 Å². The van der Waals surface area contributed by atoms with Crippen LogP contribution in [-0.2, 0) is 4.74 Å². The summed E-state index contributed by atoms with van der Waals surface area (Å²) >= 11 is 0. The zero-order chi connectivity index (χ0) is 18.4. The quantitative estimate of drug-likeness (QED) is 0.766. The maximum absolute atomic E-state index is 12.5. The summed E-state index contributed by atoms with van der Waals surface area (Å²) < 4.78 is 5.53. The predicted octanol–water partition coefficient (Wildman–Crippen LogP) is 2.99. The Morgan fingerprint density at radius 3 is 2.72 bits per heavy atom. The number of ether oxygens (including phenoxy) is 1. The minimum atomic E-state index is -0.500. The van der Waals surface area contributed by atoms with Crippen LogP contribution in [0.1, 0.15) is 50.5 Å². The second-order valence-corrected chi connectivity index (χ2v) is 7.66. The van der Waals surface area contributed by atoms with Crippen LogP contribution in [0.15, 0.2) is 24.4 Å². The Balaban J connectivity index is 1.93. The Morgan fingerprint density at radius 1 is 1.32 bits per heavy atom. The van der Waals surface area contributed by atoms with Crippen LogP contribution in [0, 0.1) is 0 Å². The molecule has 1 aromatic rings. The van der Waals surface area contributed by atoms with E-state index in [9.17, 15) is 9.59 Å². The van der Waals surface area contributed by atoms with Crippen molar-refractivity contribution in [1.82, 2.24) is 14.8 Å². The molecule has 0 N–H and O–H groups in total. The van der Waals surface area contributed by atoms with Crippen LogP contribution in [0.5, 0.6) is 0 Å². The highest BCUT2D eigenvalue weighted by molar-refractivity contribution is 5.95. The second-order valence-electron chi connectivity index (χ2n) is 7.66. The average molecular weight is 347 g/mol. The van der Waals surface area contributed by atoms with Gasteiger partial charge in [-0.3, -0.25) is 14.7 Å². The maximum atomic E-state index is 12.5. The van der Waals surface area contributed by atoms with E-state index in [0.29, 0.717) is 18.8 Å². The monoisotopic (exact) mass is 347 g/mol. The van der Waals surface area contributed by atoms with Crippen molar-refractivity contribution in [3.63, 3.8) is 0 Å². The van der Waals surface area contributed by atoms with Crippen molar-refractivity contribution in [1.29, 1.82) is 0 Å². The summed E-state index contributed by atoms with van der Waals surface area (Å²) in [5.41, 5.74) is -0.0260. The molecule has 138 valence electrons. The molecule has 1 aliphatic rings. The van der Waals surface area contributed by atoms with Crippen LogP contribution >= 0.6 is 0 Å². The number of Topliss-reactive ketones (excluding diaryl/α,β-unsaturated/α-hetero) is 1. The van der Waals surface area contributed by atoms with E-state index in [0.717, 1.165) is 19.3 Å². The largest absolute Gasteiger partial charge is 0.444 e. The van der Waals surface area contributed by atoms with Gasteiger partial charge in [-0.2, -0.15) is 0 Å². The number of pyridine rings is 1. The lowest BCUT2D eigenvalue weighted by Gasteiger charge is -2.38. The van der Waals surface area contributed by atoms with Crippen LogP contribution < -0.4 is 0 Å². The minimum Gasteiger partial charge on any atom is -0.444 e. The molecule has 0 unspecified atom stereocenters. The highest BCUT2D eigenvalue weighted by atomic mass is 16.6. The first-order chi connectivity index (χ1) is 11.8. The van der Waals surface area contributed by atoms with Crippen molar-refractivity contribution in [2.45, 2.75) is 51.7 Å². The number of ketones is 1. The van der Waals surface area contributed by atoms with Crippen LogP contribution in [-0.4, -0.2) is 65.0 Å². The molecule has 1 aliphatic heterocycles. The third-order valence-corrected chi connectivity index (χ3v) is 4.14. The molecule has 6 heteroatoms. The Bertz CT molecular complexity index is 583. The summed E-state index contributed by atoms with van der Waals surface area (Å²) in [6, 6.07) is 5.40. The minimum absolute atomic E-state index is 0.0114. The molecule has 0 bridgehead atoms. The van der Waals surface area contributed by atoms with Gasteiger partial charge in [0.15, 0.2) is 5.78 Å². The Kier molecular flexibility index (Phi) is 6.53. The highest BCUT2D eigenvalue weighted by Crippen LogP contribution is 2.21. The number of carbonyl (C=O) groups is 2. The van der Waals surface area contributed by atoms with Crippen molar-refractivity contribution in [3.8, 4) is 0 Å². The zero-order valence-electron chi connectivity index (χ0n) is 15.7. The first-order valence-electron chi connectivity index (χ1n) is 8.88. The number of hydrogen-bond donors (Lipinski definition) is 0. The van der Waals surface area contributed by atoms with E-state index in [1.165, 1.54) is 0 Å². The van der Waals surface area contributed by atoms with E-state index in [1.807, 2.05) is 43.7 Å². The van der Waals surface area contributed by atoms with E-state index >= 15 is 0 Å². The Hall–Kier alpha value is -1.95. The molecule has 1 aromatic heterocycles. The molecule has 2 heterocycles. The number of nitrogens with zero attached hydrogens (tertiary/aromatic N) is 3. The molecule has 0 aromatic carbocycles. The van der Waals surface area contributed by atoms with E-state index in [1.54, 1.807) is 18.3 Å². The van der Waals surface area contributed by atoms with Gasteiger partial charge in [0.25, 0.3) is 0 Å². The molecule has 0 spiro atoms.